The molecule has 0 spiro atoms. The van der Waals surface area contributed by atoms with E-state index in [1.807, 2.05) is 19.8 Å². The number of fused-ring (bicyclic) bond motifs is 8. The summed E-state index contributed by atoms with van der Waals surface area (Å²) in [5, 5.41) is 0. The molecule has 4 nitrogen and oxygen atoms in total. The average Bonchev–Trinajstić information content (AvgIpc) is 4.21. The van der Waals surface area contributed by atoms with Gasteiger partial charge in [-0.15, -0.1) is 22.1 Å². The molecule has 8 bridgehead atoms. The molecule has 0 N–H and O–H groups in total. The van der Waals surface area contributed by atoms with E-state index in [9.17, 15) is 52.7 Å². The van der Waals surface area contributed by atoms with E-state index in [-0.39, 0.29) is 0 Å². The number of aromatic nitrogens is 4. The third kappa shape index (κ3) is 7.46. The first-order valence-electron chi connectivity index (χ1n) is 18.3. The molecule has 9 rings (SSSR count). The summed E-state index contributed by atoms with van der Waals surface area (Å²) in [6, 6.07) is 2.26. The van der Waals surface area contributed by atoms with Crippen molar-refractivity contribution in [2.45, 2.75) is 0 Å². The Bertz CT molecular complexity index is 3130. The summed E-state index contributed by atoms with van der Waals surface area (Å²) in [4.78, 5) is 15.6. The summed E-state index contributed by atoms with van der Waals surface area (Å²) in [7, 11) is 0. The van der Waals surface area contributed by atoms with Crippen molar-refractivity contribution in [2.24, 2.45) is 0 Å². The molecule has 0 atom stereocenters. The fourth-order valence-electron chi connectivity index (χ4n) is 7.41. The fourth-order valence-corrected chi connectivity index (χ4v) is 7.41. The van der Waals surface area contributed by atoms with Gasteiger partial charge in [0.25, 0.3) is 0 Å². The van der Waals surface area contributed by atoms with E-state index in [4.69, 9.17) is 0 Å². The molecule has 0 unspecified atom stereocenters. The Labute approximate surface area is 394 Å². The van der Waals surface area contributed by atoms with Crippen LogP contribution in [0.2, 0.25) is 0 Å². The summed E-state index contributed by atoms with van der Waals surface area (Å²) in [5.74, 6) is -53.1. The summed E-state index contributed by atoms with van der Waals surface area (Å²) >= 11 is 4.56. The molecule has 0 saturated carbocycles. The van der Waals surface area contributed by atoms with Gasteiger partial charge in [-0.1, -0.05) is 24.3 Å². The van der Waals surface area contributed by atoms with Crippen LogP contribution in [0.1, 0.15) is 22.8 Å². The molecule has 0 aliphatic carbocycles. The van der Waals surface area contributed by atoms with Crippen molar-refractivity contribution in [1.82, 2.24) is 19.9 Å². The van der Waals surface area contributed by atoms with E-state index < -0.39 is 206 Å². The zero-order valence-corrected chi connectivity index (χ0v) is 36.5. The van der Waals surface area contributed by atoms with E-state index >= 15 is 35.1 Å². The molecule has 5 heterocycles. The number of benzene rings is 4. The molecule has 360 valence electrons. The Kier molecular flexibility index (Phi) is 13.0. The van der Waals surface area contributed by atoms with Crippen LogP contribution in [0.5, 0.6) is 0 Å². The van der Waals surface area contributed by atoms with Crippen molar-refractivity contribution < 1.29 is 103 Å². The van der Waals surface area contributed by atoms with Crippen molar-refractivity contribution >= 4 is 66.1 Å². The van der Waals surface area contributed by atoms with E-state index in [2.05, 4.69) is 34.7 Å². The Balaban J connectivity index is 0.00000325. The number of nitrogens with zero attached hydrogens (tertiary/aromatic N) is 4. The molecule has 2 aliphatic rings. The van der Waals surface area contributed by atoms with Gasteiger partial charge in [0.05, 0.1) is 45.0 Å². The topological polar surface area (TPSA) is 54.0 Å². The average molecular weight is 1200 g/mol. The minimum absolute atomic E-state index is 0.566. The van der Waals surface area contributed by atoms with Crippen LogP contribution >= 0.6 is 19.8 Å². The number of halogens is 21. The predicted octanol–water partition coefficient (Wildman–Crippen LogP) is 14.2. The first-order chi connectivity index (χ1) is 33.1. The molecule has 3 aromatic heterocycles. The molecule has 26 heteroatoms. The second-order valence-corrected chi connectivity index (χ2v) is 14.1. The fraction of sp³-hybridized carbons (Fsp3) is 0. The molecular weight excluding hydrogens is 1190 g/mol. The summed E-state index contributed by atoms with van der Waals surface area (Å²) in [6.45, 7) is 0. The third-order valence-electron chi connectivity index (χ3n) is 10.4. The maximum atomic E-state index is 15.8. The Morgan fingerprint density at radius 3 is 0.543 bits per heavy atom. The summed E-state index contributed by atoms with van der Waals surface area (Å²) in [5.41, 5.74) is -21.6. The van der Waals surface area contributed by atoms with Crippen molar-refractivity contribution in [1.29, 1.82) is 0 Å². The third-order valence-corrected chi connectivity index (χ3v) is 10.4. The molecular formula is C44H8F20IN4Rh. The zero-order valence-electron chi connectivity index (χ0n) is 32.7. The van der Waals surface area contributed by atoms with Crippen LogP contribution in [0, 0.1) is 116 Å². The van der Waals surface area contributed by atoms with Gasteiger partial charge in [0.15, 0.2) is 93.1 Å². The monoisotopic (exact) mass is 1200 g/mol. The SMILES string of the molecule is Fc1c(F)c(F)c(-c2c3nc(c(-c4c(F)c(F)c(F)c(F)c4F)c4ccc([n-]4)c(-c4c(F)c(F)c(F)c(F)c4F)c4nc(c(-c5c(F)c(F)c(F)c(F)c5F)c5ccc2[n-]5)C=C4)C=C3)c(F)c1F.[Rh+2][I]. The first-order valence-corrected chi connectivity index (χ1v) is 23.2. The number of rotatable bonds is 4. The Hall–Kier alpha value is -6.57. The number of hydrogen-bond donors (Lipinski definition) is 0. The second-order valence-electron chi connectivity index (χ2n) is 14.1. The number of hydrogen-bond acceptors (Lipinski definition) is 2. The van der Waals surface area contributed by atoms with Crippen molar-refractivity contribution in [3.05, 3.63) is 163 Å². The van der Waals surface area contributed by atoms with Gasteiger partial charge < -0.3 is 9.97 Å². The Morgan fingerprint density at radius 1 is 0.243 bits per heavy atom. The second kappa shape index (κ2) is 18.3. The molecule has 2 aliphatic heterocycles. The van der Waals surface area contributed by atoms with Gasteiger partial charge in [0.1, 0.15) is 0 Å². The van der Waals surface area contributed by atoms with E-state index in [1.54, 1.807) is 0 Å². The van der Waals surface area contributed by atoms with Gasteiger partial charge in [0.2, 0.25) is 23.3 Å². The normalized spacial score (nSPS) is 12.0. The van der Waals surface area contributed by atoms with Crippen LogP contribution in [0.4, 0.5) is 87.8 Å². The van der Waals surface area contributed by atoms with Crippen molar-refractivity contribution in [2.75, 3.05) is 0 Å². The molecule has 0 saturated heterocycles. The predicted molar refractivity (Wildman–Crippen MR) is 212 cm³/mol. The zero-order chi connectivity index (χ0) is 51.3. The van der Waals surface area contributed by atoms with E-state index in [0.29, 0.717) is 48.6 Å². The maximum absolute atomic E-state index is 15.8. The van der Waals surface area contributed by atoms with Crippen LogP contribution in [0.3, 0.4) is 0 Å². The van der Waals surface area contributed by atoms with Gasteiger partial charge in [0, 0.05) is 0 Å². The van der Waals surface area contributed by atoms with Gasteiger partial charge in [-0.2, -0.15) is 0 Å². The van der Waals surface area contributed by atoms with Crippen LogP contribution in [0.25, 0.3) is 90.9 Å². The molecule has 0 amide bonds. The quantitative estimate of drug-likeness (QED) is 0.0579. The van der Waals surface area contributed by atoms with Crippen LogP contribution in [-0.4, -0.2) is 9.97 Å². The minimum atomic E-state index is -2.73. The van der Waals surface area contributed by atoms with Crippen LogP contribution in [-0.2, 0) is 14.8 Å². The van der Waals surface area contributed by atoms with E-state index in [1.165, 1.54) is 0 Å². The summed E-state index contributed by atoms with van der Waals surface area (Å²) < 4.78 is 303. The molecule has 0 fully saturated rings. The standard InChI is InChI=1S/C44H8F20N4.HI.Rh/c45-25-21(26(46)34(54)41(61)33(25)53)17-9-1-2-10(65-9)18(22-27(47)35(55)42(62)36(56)28(22)48)12-5-6-14(67-12)20(24-31(51)39(59)44(64)40(60)32(24)52)16-8-7-15(68-16)19(13-4-3-11(17)66-13)23-29(49)37(57)43(63)38(58)30(23)50;;/h1-8H;1H;/q-2;;+3/p-1. The summed E-state index contributed by atoms with van der Waals surface area (Å²) in [6.07, 6.45) is 2.26. The van der Waals surface area contributed by atoms with E-state index in [0.717, 1.165) is 0 Å². The van der Waals surface area contributed by atoms with Gasteiger partial charge in [-0.05, 0) is 46.6 Å². The van der Waals surface area contributed by atoms with Crippen molar-refractivity contribution in [3.8, 4) is 44.5 Å². The van der Waals surface area contributed by atoms with Gasteiger partial charge in [-0.25, -0.2) is 97.8 Å². The van der Waals surface area contributed by atoms with Gasteiger partial charge in [-0.3, -0.25) is 0 Å². The molecule has 4 aromatic carbocycles. The van der Waals surface area contributed by atoms with Crippen LogP contribution in [0.15, 0.2) is 24.3 Å². The first kappa shape index (κ1) is 49.8. The van der Waals surface area contributed by atoms with Crippen molar-refractivity contribution in [3.63, 3.8) is 0 Å². The molecule has 70 heavy (non-hydrogen) atoms. The molecule has 0 radical (unpaired) electrons. The van der Waals surface area contributed by atoms with Gasteiger partial charge >= 0.3 is 34.5 Å². The molecule has 7 aromatic rings. The Morgan fingerprint density at radius 2 is 0.386 bits per heavy atom. The van der Waals surface area contributed by atoms with Crippen LogP contribution < -0.4 is 9.97 Å².